The Morgan fingerprint density at radius 3 is 2.19 bits per heavy atom. The second-order valence-corrected chi connectivity index (χ2v) is 8.90. The fourth-order valence-electron chi connectivity index (χ4n) is 3.50. The van der Waals surface area contributed by atoms with E-state index in [0.29, 0.717) is 5.56 Å². The molecule has 1 aromatic carbocycles. The zero-order valence-corrected chi connectivity index (χ0v) is 21.0. The lowest BCUT2D eigenvalue weighted by atomic mass is 10.0. The Morgan fingerprint density at radius 1 is 1.00 bits per heavy atom. The van der Waals surface area contributed by atoms with Crippen molar-refractivity contribution in [3.63, 3.8) is 0 Å². The van der Waals surface area contributed by atoms with Crippen LogP contribution >= 0.6 is 12.6 Å². The van der Waals surface area contributed by atoms with Gasteiger partial charge in [-0.2, -0.15) is 12.6 Å². The van der Waals surface area contributed by atoms with E-state index >= 15 is 0 Å². The van der Waals surface area contributed by atoms with Gasteiger partial charge in [0.2, 0.25) is 23.6 Å². The van der Waals surface area contributed by atoms with Crippen molar-refractivity contribution in [1.29, 1.82) is 0 Å². The fraction of sp³-hybridized carbons (Fsp3) is 0.435. The molecule has 2 aromatic rings. The molecule has 13 nitrogen and oxygen atoms in total. The first kappa shape index (κ1) is 29.6. The first-order chi connectivity index (χ1) is 17.4. The van der Waals surface area contributed by atoms with Crippen LogP contribution in [0.25, 0.3) is 10.9 Å². The summed E-state index contributed by atoms with van der Waals surface area (Å²) < 4.78 is 0. The van der Waals surface area contributed by atoms with Crippen LogP contribution in [0.4, 0.5) is 0 Å². The number of nitrogens with one attached hydrogen (secondary N) is 4. The summed E-state index contributed by atoms with van der Waals surface area (Å²) in [7, 11) is 0. The Bertz CT molecular complexity index is 1140. The molecule has 0 aliphatic carbocycles. The normalized spacial score (nSPS) is 15.1. The minimum atomic E-state index is -1.41. The highest BCUT2D eigenvalue weighted by atomic mass is 32.1. The molecule has 0 aliphatic heterocycles. The number of aliphatic carboxylic acids is 1. The summed E-state index contributed by atoms with van der Waals surface area (Å²) in [5.41, 5.74) is 12.3. The van der Waals surface area contributed by atoms with Gasteiger partial charge in [0.1, 0.15) is 24.2 Å². The first-order valence-electron chi connectivity index (χ1n) is 11.5. The molecule has 1 heterocycles. The smallest absolute Gasteiger partial charge is 0.326 e. The summed E-state index contributed by atoms with van der Waals surface area (Å²) in [6.45, 7) is 1.33. The number of aromatic nitrogens is 1. The first-order valence-corrected chi connectivity index (χ1v) is 12.1. The number of carboxylic acid groups (broad SMARTS) is 1. The fourth-order valence-corrected chi connectivity index (χ4v) is 3.76. The largest absolute Gasteiger partial charge is 0.480 e. The van der Waals surface area contributed by atoms with Gasteiger partial charge in [-0.15, -0.1) is 0 Å². The molecule has 4 amide bonds. The number of aliphatic hydroxyl groups excluding tert-OH is 1. The summed E-state index contributed by atoms with van der Waals surface area (Å²) in [5.74, 6) is -4.69. The van der Waals surface area contributed by atoms with Gasteiger partial charge < -0.3 is 42.6 Å². The number of carboxylic acids is 1. The SMILES string of the molecule is CC(O)C(N)C(=O)NC(Cc1c[nH]c2ccccc12)C(=O)NC(CS)C(=O)NC(CCC(N)=O)C(=O)O. The van der Waals surface area contributed by atoms with Crippen molar-refractivity contribution in [3.8, 4) is 0 Å². The van der Waals surface area contributed by atoms with Gasteiger partial charge in [0.15, 0.2) is 0 Å². The van der Waals surface area contributed by atoms with E-state index in [1.54, 1.807) is 6.20 Å². The molecule has 5 unspecified atom stereocenters. The number of hydrogen-bond donors (Lipinski definition) is 9. The number of thiol groups is 1. The summed E-state index contributed by atoms with van der Waals surface area (Å²) in [6, 6.07) is 2.15. The summed E-state index contributed by atoms with van der Waals surface area (Å²) >= 11 is 4.08. The van der Waals surface area contributed by atoms with Crippen LogP contribution in [0, 0.1) is 0 Å². The number of carbonyl (C=O) groups is 5. The topological polar surface area (TPSA) is 230 Å². The number of aliphatic hydroxyl groups is 1. The van der Waals surface area contributed by atoms with E-state index in [1.807, 2.05) is 24.3 Å². The third-order valence-electron chi connectivity index (χ3n) is 5.66. The average molecular weight is 537 g/mol. The van der Waals surface area contributed by atoms with Crippen molar-refractivity contribution >= 4 is 53.1 Å². The highest BCUT2D eigenvalue weighted by Gasteiger charge is 2.31. The van der Waals surface area contributed by atoms with Crippen molar-refractivity contribution in [2.75, 3.05) is 5.75 Å². The third-order valence-corrected chi connectivity index (χ3v) is 6.03. The van der Waals surface area contributed by atoms with E-state index in [2.05, 4.69) is 33.6 Å². The maximum absolute atomic E-state index is 13.2. The van der Waals surface area contributed by atoms with Gasteiger partial charge in [-0.3, -0.25) is 19.2 Å². The predicted octanol–water partition coefficient (Wildman–Crippen LogP) is -1.85. The Morgan fingerprint density at radius 2 is 1.59 bits per heavy atom. The lowest BCUT2D eigenvalue weighted by Gasteiger charge is -2.25. The molecule has 202 valence electrons. The molecule has 10 N–H and O–H groups in total. The number of amides is 4. The molecular formula is C23H32N6O7S. The number of fused-ring (bicyclic) bond motifs is 1. The number of hydrogen-bond acceptors (Lipinski definition) is 8. The number of nitrogens with two attached hydrogens (primary N) is 2. The zero-order chi connectivity index (χ0) is 27.7. The van der Waals surface area contributed by atoms with Crippen LogP contribution in [0.15, 0.2) is 30.5 Å². The van der Waals surface area contributed by atoms with E-state index in [9.17, 15) is 34.2 Å². The van der Waals surface area contributed by atoms with Crippen molar-refractivity contribution in [1.82, 2.24) is 20.9 Å². The van der Waals surface area contributed by atoms with Gasteiger partial charge in [0, 0.05) is 35.7 Å². The molecule has 0 bridgehead atoms. The Kier molecular flexibility index (Phi) is 10.9. The number of primary amides is 1. The quantitative estimate of drug-likeness (QED) is 0.124. The second kappa shape index (κ2) is 13.6. The summed E-state index contributed by atoms with van der Waals surface area (Å²) in [4.78, 5) is 64.0. The monoisotopic (exact) mass is 536 g/mol. The second-order valence-electron chi connectivity index (χ2n) is 8.54. The molecule has 0 aliphatic rings. The average Bonchev–Trinajstić information content (AvgIpc) is 3.26. The number of rotatable bonds is 14. The molecule has 37 heavy (non-hydrogen) atoms. The van der Waals surface area contributed by atoms with Crippen molar-refractivity contribution in [2.45, 2.75) is 56.5 Å². The summed E-state index contributed by atoms with van der Waals surface area (Å²) in [6.07, 6.45) is 0.0225. The van der Waals surface area contributed by atoms with E-state index in [4.69, 9.17) is 11.5 Å². The van der Waals surface area contributed by atoms with Crippen LogP contribution in [0.5, 0.6) is 0 Å². The van der Waals surface area contributed by atoms with Gasteiger partial charge in [-0.05, 0) is 25.0 Å². The van der Waals surface area contributed by atoms with E-state index in [0.717, 1.165) is 10.9 Å². The predicted molar refractivity (Wildman–Crippen MR) is 137 cm³/mol. The Balaban J connectivity index is 2.21. The minimum Gasteiger partial charge on any atom is -0.480 e. The standard InChI is InChI=1S/C23H32N6O7S/c1-11(30)19(25)22(34)28-16(8-12-9-26-14-5-3-2-4-13(12)14)20(32)29-17(10-37)21(33)27-15(23(35)36)6-7-18(24)31/h2-5,9,11,15-17,19,26,30,37H,6-8,10,25H2,1H3,(H2,24,31)(H,27,33)(H,28,34)(H,29,32)(H,35,36). The van der Waals surface area contributed by atoms with E-state index < -0.39 is 59.9 Å². The van der Waals surface area contributed by atoms with Gasteiger partial charge >= 0.3 is 5.97 Å². The third kappa shape index (κ3) is 8.48. The van der Waals surface area contributed by atoms with Crippen LogP contribution in [0.2, 0.25) is 0 Å². The van der Waals surface area contributed by atoms with Crippen LogP contribution < -0.4 is 27.4 Å². The zero-order valence-electron chi connectivity index (χ0n) is 20.1. The number of H-pyrrole nitrogens is 1. The summed E-state index contributed by atoms with van der Waals surface area (Å²) in [5, 5.41) is 27.1. The van der Waals surface area contributed by atoms with Crippen LogP contribution in [0.3, 0.4) is 0 Å². The highest BCUT2D eigenvalue weighted by Crippen LogP contribution is 2.19. The molecule has 0 fully saturated rings. The number of aromatic amines is 1. The Labute approximate surface area is 218 Å². The molecule has 0 saturated heterocycles. The molecule has 0 saturated carbocycles. The van der Waals surface area contributed by atoms with Gasteiger partial charge in [-0.1, -0.05) is 18.2 Å². The highest BCUT2D eigenvalue weighted by molar-refractivity contribution is 7.80. The van der Waals surface area contributed by atoms with E-state index in [1.165, 1.54) is 6.92 Å². The van der Waals surface area contributed by atoms with Crippen LogP contribution in [-0.4, -0.2) is 80.8 Å². The van der Waals surface area contributed by atoms with Crippen molar-refractivity contribution in [3.05, 3.63) is 36.0 Å². The lowest BCUT2D eigenvalue weighted by molar-refractivity contribution is -0.142. The number of para-hydroxylation sites is 1. The van der Waals surface area contributed by atoms with Gasteiger partial charge in [0.25, 0.3) is 0 Å². The molecule has 0 spiro atoms. The number of carbonyl (C=O) groups excluding carboxylic acids is 4. The van der Waals surface area contributed by atoms with Crippen LogP contribution in [0.1, 0.15) is 25.3 Å². The van der Waals surface area contributed by atoms with Crippen molar-refractivity contribution in [2.24, 2.45) is 11.5 Å². The molecule has 2 rings (SSSR count). The maximum Gasteiger partial charge on any atom is 0.326 e. The maximum atomic E-state index is 13.2. The molecule has 1 aromatic heterocycles. The Hall–Kier alpha value is -3.62. The minimum absolute atomic E-state index is 0.0192. The van der Waals surface area contributed by atoms with Crippen molar-refractivity contribution < 1.29 is 34.2 Å². The molecular weight excluding hydrogens is 504 g/mol. The molecule has 5 atom stereocenters. The van der Waals surface area contributed by atoms with Gasteiger partial charge in [-0.25, -0.2) is 4.79 Å². The lowest BCUT2D eigenvalue weighted by Crippen LogP contribution is -2.59. The van der Waals surface area contributed by atoms with E-state index in [-0.39, 0.29) is 25.0 Å². The molecule has 14 heteroatoms. The molecule has 0 radical (unpaired) electrons. The van der Waals surface area contributed by atoms with Gasteiger partial charge in [0.05, 0.1) is 6.10 Å². The number of benzene rings is 1. The van der Waals surface area contributed by atoms with Crippen LogP contribution in [-0.2, 0) is 30.4 Å².